The van der Waals surface area contributed by atoms with Gasteiger partial charge < -0.3 is 4.74 Å². The number of hydrogen-bond donors (Lipinski definition) is 0. The van der Waals surface area contributed by atoms with Crippen LogP contribution in [-0.4, -0.2) is 23.9 Å². The van der Waals surface area contributed by atoms with Crippen molar-refractivity contribution in [1.82, 2.24) is 0 Å². The quantitative estimate of drug-likeness (QED) is 0.460. The van der Waals surface area contributed by atoms with Crippen molar-refractivity contribution in [2.75, 3.05) is 12.4 Å². The summed E-state index contributed by atoms with van der Waals surface area (Å²) in [6.45, 7) is 2.18. The molecular formula is C7H8NO2S. The molecule has 0 amide bonds. The number of esters is 1. The molecule has 1 aliphatic rings. The van der Waals surface area contributed by atoms with Crippen LogP contribution in [0, 0.1) is 0 Å². The van der Waals surface area contributed by atoms with E-state index in [9.17, 15) is 4.79 Å². The lowest BCUT2D eigenvalue weighted by Crippen LogP contribution is -2.00. The minimum atomic E-state index is -0.324. The van der Waals surface area contributed by atoms with Gasteiger partial charge in [0.1, 0.15) is 5.55 Å². The van der Waals surface area contributed by atoms with E-state index in [4.69, 9.17) is 4.74 Å². The average molecular weight is 170 g/mol. The first-order valence-electron chi connectivity index (χ1n) is 3.27. The van der Waals surface area contributed by atoms with E-state index < -0.39 is 0 Å². The first-order chi connectivity index (χ1) is 5.33. The maximum Gasteiger partial charge on any atom is 0.332 e. The summed E-state index contributed by atoms with van der Waals surface area (Å²) in [4.78, 5) is 14.6. The monoisotopic (exact) mass is 170 g/mol. The van der Waals surface area contributed by atoms with Crippen molar-refractivity contribution in [3.05, 3.63) is 11.8 Å². The molecule has 3 nitrogen and oxygen atoms in total. The van der Waals surface area contributed by atoms with Crippen LogP contribution in [0.2, 0.25) is 0 Å². The van der Waals surface area contributed by atoms with Crippen molar-refractivity contribution in [1.29, 1.82) is 0 Å². The van der Waals surface area contributed by atoms with Crippen LogP contribution in [0.4, 0.5) is 0 Å². The highest BCUT2D eigenvalue weighted by molar-refractivity contribution is 8.12. The van der Waals surface area contributed by atoms with Gasteiger partial charge in [0, 0.05) is 11.8 Å². The normalized spacial score (nSPS) is 19.2. The molecule has 0 aromatic carbocycles. The summed E-state index contributed by atoms with van der Waals surface area (Å²) in [5, 5.41) is 0. The number of thioether (sulfide) groups is 1. The minimum absolute atomic E-state index is 0.324. The second-order valence-electron chi connectivity index (χ2n) is 1.88. The molecule has 0 saturated heterocycles. The Kier molecular flexibility index (Phi) is 3.16. The highest BCUT2D eigenvalue weighted by Gasteiger charge is 2.05. The lowest BCUT2D eigenvalue weighted by Gasteiger charge is -1.94. The molecule has 0 bridgehead atoms. The van der Waals surface area contributed by atoms with Crippen molar-refractivity contribution in [3.8, 4) is 0 Å². The number of ether oxygens (including phenoxy) is 1. The van der Waals surface area contributed by atoms with Crippen molar-refractivity contribution in [2.24, 2.45) is 4.99 Å². The number of nitrogens with zero attached hydrogens (tertiary/aromatic N) is 1. The topological polar surface area (TPSA) is 38.7 Å². The first-order valence-corrected chi connectivity index (χ1v) is 4.26. The van der Waals surface area contributed by atoms with Crippen LogP contribution in [0.25, 0.3) is 0 Å². The van der Waals surface area contributed by atoms with Crippen molar-refractivity contribution in [2.45, 2.75) is 6.92 Å². The SMILES string of the molecule is CCOC(=O)C=C1CS[C]=N1. The predicted octanol–water partition coefficient (Wildman–Crippen LogP) is 1.09. The Balaban J connectivity index is 2.44. The zero-order valence-electron chi connectivity index (χ0n) is 6.16. The number of aliphatic imine (C=N–C) groups is 1. The number of carbonyl (C=O) groups excluding carboxylic acids is 1. The summed E-state index contributed by atoms with van der Waals surface area (Å²) >= 11 is 1.45. The summed E-state index contributed by atoms with van der Waals surface area (Å²) in [5.41, 5.74) is 3.42. The van der Waals surface area contributed by atoms with Gasteiger partial charge in [0.25, 0.3) is 0 Å². The Bertz CT molecular complexity index is 210. The van der Waals surface area contributed by atoms with Gasteiger partial charge >= 0.3 is 5.97 Å². The second kappa shape index (κ2) is 4.18. The van der Waals surface area contributed by atoms with Gasteiger partial charge in [0.15, 0.2) is 0 Å². The summed E-state index contributed by atoms with van der Waals surface area (Å²) in [5.74, 6) is 0.397. The third-order valence-corrected chi connectivity index (χ3v) is 1.71. The third-order valence-electron chi connectivity index (χ3n) is 1.04. The minimum Gasteiger partial charge on any atom is -0.463 e. The maximum atomic E-state index is 10.8. The molecule has 1 rings (SSSR count). The van der Waals surface area contributed by atoms with E-state index in [1.54, 1.807) is 6.92 Å². The molecule has 0 atom stereocenters. The van der Waals surface area contributed by atoms with Crippen LogP contribution in [0.15, 0.2) is 16.8 Å². The summed E-state index contributed by atoms with van der Waals surface area (Å²) in [6, 6.07) is 0. The van der Waals surface area contributed by atoms with Crippen LogP contribution >= 0.6 is 11.8 Å². The van der Waals surface area contributed by atoms with Crippen LogP contribution in [0.3, 0.4) is 0 Å². The second-order valence-corrected chi connectivity index (χ2v) is 2.64. The zero-order chi connectivity index (χ0) is 8.10. The number of hydrogen-bond acceptors (Lipinski definition) is 4. The number of carbonyl (C=O) groups is 1. The van der Waals surface area contributed by atoms with E-state index in [2.05, 4.69) is 10.5 Å². The molecule has 0 fully saturated rings. The molecule has 1 heterocycles. The maximum absolute atomic E-state index is 10.8. The fraction of sp³-hybridized carbons (Fsp3) is 0.429. The standard InChI is InChI=1S/C7H8NO2S/c1-2-10-7(9)3-6-4-11-5-8-6/h3H,2,4H2,1H3. The highest BCUT2D eigenvalue weighted by Crippen LogP contribution is 2.14. The molecule has 0 aliphatic carbocycles. The van der Waals surface area contributed by atoms with E-state index in [0.717, 1.165) is 11.4 Å². The Morgan fingerprint density at radius 3 is 3.36 bits per heavy atom. The lowest BCUT2D eigenvalue weighted by molar-refractivity contribution is -0.137. The van der Waals surface area contributed by atoms with Gasteiger partial charge in [-0.05, 0) is 6.92 Å². The Labute approximate surface area is 69.5 Å². The van der Waals surface area contributed by atoms with Crippen molar-refractivity contribution in [3.63, 3.8) is 0 Å². The summed E-state index contributed by atoms with van der Waals surface area (Å²) in [7, 11) is 0. The Morgan fingerprint density at radius 2 is 2.82 bits per heavy atom. The van der Waals surface area contributed by atoms with Crippen molar-refractivity contribution < 1.29 is 9.53 Å². The van der Waals surface area contributed by atoms with Gasteiger partial charge in [-0.25, -0.2) is 9.79 Å². The van der Waals surface area contributed by atoms with Crippen molar-refractivity contribution >= 4 is 23.3 Å². The highest BCUT2D eigenvalue weighted by atomic mass is 32.2. The largest absolute Gasteiger partial charge is 0.463 e. The lowest BCUT2D eigenvalue weighted by atomic mass is 10.4. The molecule has 0 spiro atoms. The van der Waals surface area contributed by atoms with Gasteiger partial charge in [-0.15, -0.1) is 0 Å². The van der Waals surface area contributed by atoms with E-state index >= 15 is 0 Å². The van der Waals surface area contributed by atoms with Gasteiger partial charge in [0.05, 0.1) is 12.3 Å². The number of rotatable bonds is 2. The molecule has 1 radical (unpaired) electrons. The molecule has 59 valence electrons. The molecule has 0 saturated carbocycles. The van der Waals surface area contributed by atoms with E-state index in [0.29, 0.717) is 6.61 Å². The van der Waals surface area contributed by atoms with E-state index in [1.165, 1.54) is 17.8 Å². The summed E-state index contributed by atoms with van der Waals surface area (Å²) in [6.07, 6.45) is 1.40. The average Bonchev–Trinajstić information content (AvgIpc) is 2.40. The molecule has 11 heavy (non-hydrogen) atoms. The molecule has 0 unspecified atom stereocenters. The van der Waals surface area contributed by atoms with Crippen LogP contribution < -0.4 is 0 Å². The predicted molar refractivity (Wildman–Crippen MR) is 44.6 cm³/mol. The van der Waals surface area contributed by atoms with Crippen LogP contribution in [-0.2, 0) is 9.53 Å². The Hall–Kier alpha value is -0.770. The summed E-state index contributed by atoms with van der Waals surface area (Å²) < 4.78 is 4.69. The third kappa shape index (κ3) is 2.76. The molecular weight excluding hydrogens is 162 g/mol. The van der Waals surface area contributed by atoms with Gasteiger partial charge in [-0.1, -0.05) is 11.8 Å². The fourth-order valence-corrected chi connectivity index (χ4v) is 1.17. The van der Waals surface area contributed by atoms with Gasteiger partial charge in [-0.2, -0.15) is 0 Å². The van der Waals surface area contributed by atoms with Gasteiger partial charge in [0.2, 0.25) is 0 Å². The van der Waals surface area contributed by atoms with Crippen LogP contribution in [0.1, 0.15) is 6.92 Å². The molecule has 0 aromatic rings. The molecule has 0 N–H and O–H groups in total. The van der Waals surface area contributed by atoms with E-state index in [-0.39, 0.29) is 5.97 Å². The van der Waals surface area contributed by atoms with Crippen LogP contribution in [0.5, 0.6) is 0 Å². The molecule has 4 heteroatoms. The first kappa shape index (κ1) is 8.33. The molecule has 1 aliphatic heterocycles. The molecule has 0 aromatic heterocycles. The van der Waals surface area contributed by atoms with Gasteiger partial charge in [-0.3, -0.25) is 0 Å². The zero-order valence-corrected chi connectivity index (χ0v) is 6.98. The van der Waals surface area contributed by atoms with E-state index in [1.807, 2.05) is 0 Å². The Morgan fingerprint density at radius 1 is 2.00 bits per heavy atom. The smallest absolute Gasteiger partial charge is 0.332 e. The fourth-order valence-electron chi connectivity index (χ4n) is 0.623.